The molecule has 6 heteroatoms. The molecule has 0 radical (unpaired) electrons. The quantitative estimate of drug-likeness (QED) is 0.907. The molecule has 5 aliphatic rings. The van der Waals surface area contributed by atoms with Crippen molar-refractivity contribution in [1.82, 2.24) is 20.4 Å². The molecule has 1 aromatic rings. The van der Waals surface area contributed by atoms with Gasteiger partial charge in [-0.15, -0.1) is 5.10 Å². The molecule has 4 bridgehead atoms. The van der Waals surface area contributed by atoms with Gasteiger partial charge < -0.3 is 14.6 Å². The fraction of sp³-hybridized carbons (Fsp3) is 0.889. The number of nitrogens with zero attached hydrogens (tertiary/aromatic N) is 4. The molecule has 132 valence electrons. The molecular formula is C18H29N5O. The van der Waals surface area contributed by atoms with Gasteiger partial charge in [0.15, 0.2) is 0 Å². The summed E-state index contributed by atoms with van der Waals surface area (Å²) in [6.45, 7) is 4.97. The third-order valence-corrected chi connectivity index (χ3v) is 6.97. The van der Waals surface area contributed by atoms with Gasteiger partial charge in [-0.25, -0.2) is 0 Å². The standard InChI is InChI=1S/C18H29N5O/c1-19-11-16-20-21-18(24-16)23-4-2-22(3-5-23)17-14-7-12-6-13(9-14)10-15(17)8-12/h12-15,17,19H,2-11H2,1H3. The lowest BCUT2D eigenvalue weighted by Gasteiger charge is -2.58. The second kappa shape index (κ2) is 5.99. The summed E-state index contributed by atoms with van der Waals surface area (Å²) in [6, 6.07) is 1.56. The Morgan fingerprint density at radius 3 is 2.25 bits per heavy atom. The number of anilines is 1. The summed E-state index contributed by atoms with van der Waals surface area (Å²) in [5.74, 6) is 4.77. The minimum atomic E-state index is 0.640. The molecule has 24 heavy (non-hydrogen) atoms. The first-order valence-corrected chi connectivity index (χ1v) is 9.76. The summed E-state index contributed by atoms with van der Waals surface area (Å²) >= 11 is 0. The van der Waals surface area contributed by atoms with Crippen molar-refractivity contribution in [1.29, 1.82) is 0 Å². The summed E-state index contributed by atoms with van der Waals surface area (Å²) < 4.78 is 5.76. The van der Waals surface area contributed by atoms with Gasteiger partial charge in [-0.05, 0) is 62.8 Å². The Morgan fingerprint density at radius 2 is 1.62 bits per heavy atom. The maximum absolute atomic E-state index is 5.76. The highest BCUT2D eigenvalue weighted by Gasteiger charge is 2.50. The maximum atomic E-state index is 5.76. The highest BCUT2D eigenvalue weighted by Crippen LogP contribution is 2.55. The highest BCUT2D eigenvalue weighted by molar-refractivity contribution is 5.25. The Labute approximate surface area is 144 Å². The first-order chi connectivity index (χ1) is 11.8. The predicted octanol–water partition coefficient (Wildman–Crippen LogP) is 1.74. The van der Waals surface area contributed by atoms with Crippen molar-refractivity contribution < 1.29 is 4.42 Å². The lowest BCUT2D eigenvalue weighted by Crippen LogP contribution is -2.60. The van der Waals surface area contributed by atoms with E-state index in [1.807, 2.05) is 7.05 Å². The van der Waals surface area contributed by atoms with Gasteiger partial charge in [-0.1, -0.05) is 5.10 Å². The average Bonchev–Trinajstić information content (AvgIpc) is 3.03. The smallest absolute Gasteiger partial charge is 0.318 e. The van der Waals surface area contributed by atoms with Crippen molar-refractivity contribution in [2.45, 2.75) is 44.7 Å². The zero-order valence-electron chi connectivity index (χ0n) is 14.7. The molecule has 4 saturated carbocycles. The van der Waals surface area contributed by atoms with Gasteiger partial charge in [0.25, 0.3) is 0 Å². The van der Waals surface area contributed by atoms with Crippen LogP contribution in [0, 0.1) is 23.7 Å². The Kier molecular flexibility index (Phi) is 3.78. The SMILES string of the molecule is CNCc1nnc(N2CCN(C3C4CC5CC(C4)CC3C5)CC2)o1. The zero-order valence-corrected chi connectivity index (χ0v) is 14.7. The van der Waals surface area contributed by atoms with E-state index in [9.17, 15) is 0 Å². The summed E-state index contributed by atoms with van der Waals surface area (Å²) in [5.41, 5.74) is 0. The number of aromatic nitrogens is 2. The van der Waals surface area contributed by atoms with Crippen LogP contribution in [0.3, 0.4) is 0 Å². The highest BCUT2D eigenvalue weighted by atomic mass is 16.4. The largest absolute Gasteiger partial charge is 0.407 e. The molecule has 0 amide bonds. The zero-order chi connectivity index (χ0) is 16.1. The molecule has 0 aromatic carbocycles. The molecule has 1 aromatic heterocycles. The first-order valence-electron chi connectivity index (χ1n) is 9.76. The predicted molar refractivity (Wildman–Crippen MR) is 91.7 cm³/mol. The fourth-order valence-electron chi connectivity index (χ4n) is 6.30. The van der Waals surface area contributed by atoms with E-state index >= 15 is 0 Å². The van der Waals surface area contributed by atoms with Gasteiger partial charge in [0.1, 0.15) is 0 Å². The minimum absolute atomic E-state index is 0.640. The molecule has 1 aliphatic heterocycles. The lowest BCUT2D eigenvalue weighted by atomic mass is 9.54. The van der Waals surface area contributed by atoms with Gasteiger partial charge in [0.2, 0.25) is 5.89 Å². The van der Waals surface area contributed by atoms with Crippen LogP contribution in [0.5, 0.6) is 0 Å². The van der Waals surface area contributed by atoms with Crippen molar-refractivity contribution in [2.24, 2.45) is 23.7 Å². The number of nitrogens with one attached hydrogen (secondary N) is 1. The summed E-state index contributed by atoms with van der Waals surface area (Å²) in [5, 5.41) is 11.4. The van der Waals surface area contributed by atoms with Crippen molar-refractivity contribution in [3.05, 3.63) is 5.89 Å². The van der Waals surface area contributed by atoms with E-state index in [4.69, 9.17) is 4.42 Å². The molecule has 4 aliphatic carbocycles. The van der Waals surface area contributed by atoms with Crippen LogP contribution in [-0.4, -0.2) is 54.4 Å². The van der Waals surface area contributed by atoms with Crippen LogP contribution in [0.1, 0.15) is 38.0 Å². The topological polar surface area (TPSA) is 57.4 Å². The molecule has 0 spiro atoms. The monoisotopic (exact) mass is 331 g/mol. The van der Waals surface area contributed by atoms with Gasteiger partial charge in [-0.2, -0.15) is 0 Å². The van der Waals surface area contributed by atoms with E-state index in [2.05, 4.69) is 25.3 Å². The second-order valence-corrected chi connectivity index (χ2v) is 8.45. The Bertz CT molecular complexity index is 552. The lowest BCUT2D eigenvalue weighted by molar-refractivity contribution is -0.0666. The van der Waals surface area contributed by atoms with Crippen LogP contribution in [-0.2, 0) is 6.54 Å². The van der Waals surface area contributed by atoms with E-state index in [-0.39, 0.29) is 0 Å². The van der Waals surface area contributed by atoms with Gasteiger partial charge in [-0.3, -0.25) is 4.90 Å². The van der Waals surface area contributed by atoms with Crippen molar-refractivity contribution >= 4 is 6.01 Å². The van der Waals surface area contributed by atoms with Gasteiger partial charge in [0, 0.05) is 32.2 Å². The molecule has 1 N–H and O–H groups in total. The summed E-state index contributed by atoms with van der Waals surface area (Å²) in [7, 11) is 1.90. The van der Waals surface area contributed by atoms with Crippen LogP contribution in [0.15, 0.2) is 4.42 Å². The summed E-state index contributed by atoms with van der Waals surface area (Å²) in [6.07, 6.45) is 7.58. The number of piperazine rings is 1. The van der Waals surface area contributed by atoms with E-state index in [1.54, 1.807) is 6.42 Å². The van der Waals surface area contributed by atoms with Crippen LogP contribution in [0.4, 0.5) is 6.01 Å². The molecule has 6 rings (SSSR count). The molecule has 2 heterocycles. The van der Waals surface area contributed by atoms with Crippen molar-refractivity contribution in [3.63, 3.8) is 0 Å². The third kappa shape index (κ3) is 2.54. The number of hydrogen-bond acceptors (Lipinski definition) is 6. The molecule has 0 unspecified atom stereocenters. The van der Waals surface area contributed by atoms with Crippen LogP contribution in [0.2, 0.25) is 0 Å². The van der Waals surface area contributed by atoms with Crippen LogP contribution < -0.4 is 10.2 Å². The third-order valence-electron chi connectivity index (χ3n) is 6.97. The average molecular weight is 331 g/mol. The van der Waals surface area contributed by atoms with Gasteiger partial charge >= 0.3 is 6.01 Å². The van der Waals surface area contributed by atoms with E-state index in [0.29, 0.717) is 18.5 Å². The maximum Gasteiger partial charge on any atom is 0.318 e. The Morgan fingerprint density at radius 1 is 0.958 bits per heavy atom. The van der Waals surface area contributed by atoms with Crippen molar-refractivity contribution in [2.75, 3.05) is 38.1 Å². The van der Waals surface area contributed by atoms with Crippen LogP contribution in [0.25, 0.3) is 0 Å². The number of hydrogen-bond donors (Lipinski definition) is 1. The second-order valence-electron chi connectivity index (χ2n) is 8.45. The molecule has 1 saturated heterocycles. The van der Waals surface area contributed by atoms with Gasteiger partial charge in [0.05, 0.1) is 6.54 Å². The number of rotatable bonds is 4. The van der Waals surface area contributed by atoms with E-state index in [1.165, 1.54) is 25.7 Å². The molecule has 0 atom stereocenters. The van der Waals surface area contributed by atoms with E-state index in [0.717, 1.165) is 55.9 Å². The normalized spacial score (nSPS) is 38.9. The summed E-state index contributed by atoms with van der Waals surface area (Å²) in [4.78, 5) is 5.06. The van der Waals surface area contributed by atoms with Crippen molar-refractivity contribution in [3.8, 4) is 0 Å². The molecule has 6 nitrogen and oxygen atoms in total. The Hall–Kier alpha value is -1.14. The Balaban J connectivity index is 1.22. The minimum Gasteiger partial charge on any atom is -0.407 e. The fourth-order valence-corrected chi connectivity index (χ4v) is 6.30. The van der Waals surface area contributed by atoms with E-state index < -0.39 is 0 Å². The van der Waals surface area contributed by atoms with Crippen LogP contribution >= 0.6 is 0 Å². The molecule has 5 fully saturated rings. The molecular weight excluding hydrogens is 302 g/mol. The first kappa shape index (κ1) is 15.1.